The van der Waals surface area contributed by atoms with Crippen LogP contribution in [0.15, 0.2) is 29.5 Å². The fourth-order valence-corrected chi connectivity index (χ4v) is 2.56. The summed E-state index contributed by atoms with van der Waals surface area (Å²) >= 11 is 0. The summed E-state index contributed by atoms with van der Waals surface area (Å²) in [4.78, 5) is 24.0. The van der Waals surface area contributed by atoms with E-state index in [0.717, 1.165) is 16.7 Å². The number of carbonyl (C=O) groups is 2. The second-order valence-corrected chi connectivity index (χ2v) is 5.15. The monoisotopic (exact) mass is 288 g/mol. The predicted octanol–water partition coefficient (Wildman–Crippen LogP) is 2.49. The normalized spacial score (nSPS) is 18.1. The molecule has 2 N–H and O–H groups in total. The van der Waals surface area contributed by atoms with Gasteiger partial charge in [0.2, 0.25) is 0 Å². The summed E-state index contributed by atoms with van der Waals surface area (Å²) in [6, 6.07) is 5.13. The van der Waals surface area contributed by atoms with Crippen molar-refractivity contribution < 1.29 is 14.3 Å². The van der Waals surface area contributed by atoms with Crippen molar-refractivity contribution in [2.45, 2.75) is 33.7 Å². The third-order valence-electron chi connectivity index (χ3n) is 3.50. The van der Waals surface area contributed by atoms with Gasteiger partial charge in [-0.3, -0.25) is 0 Å². The molecule has 2 rings (SSSR count). The Morgan fingerprint density at radius 3 is 2.62 bits per heavy atom. The maximum absolute atomic E-state index is 12.2. The number of carbonyl (C=O) groups excluding carboxylic acids is 2. The second-order valence-electron chi connectivity index (χ2n) is 5.15. The van der Waals surface area contributed by atoms with Crippen LogP contribution in [-0.2, 0) is 9.53 Å². The van der Waals surface area contributed by atoms with Gasteiger partial charge in [-0.05, 0) is 38.8 Å². The second kappa shape index (κ2) is 5.99. The molecule has 1 heterocycles. The number of allylic oxidation sites excluding steroid dienone is 1. The number of urea groups is 1. The van der Waals surface area contributed by atoms with Crippen LogP contribution in [0.4, 0.5) is 4.79 Å². The van der Waals surface area contributed by atoms with Gasteiger partial charge in [0, 0.05) is 5.70 Å². The van der Waals surface area contributed by atoms with E-state index in [4.69, 9.17) is 4.74 Å². The van der Waals surface area contributed by atoms with Gasteiger partial charge in [-0.15, -0.1) is 0 Å². The average molecular weight is 288 g/mol. The van der Waals surface area contributed by atoms with Gasteiger partial charge in [0.15, 0.2) is 0 Å². The zero-order valence-corrected chi connectivity index (χ0v) is 12.7. The summed E-state index contributed by atoms with van der Waals surface area (Å²) in [7, 11) is 0. The Morgan fingerprint density at radius 1 is 1.29 bits per heavy atom. The molecule has 0 aliphatic carbocycles. The third-order valence-corrected chi connectivity index (χ3v) is 3.50. The Balaban J connectivity index is 2.49. The first-order valence-electron chi connectivity index (χ1n) is 6.96. The molecule has 21 heavy (non-hydrogen) atoms. The first-order valence-corrected chi connectivity index (χ1v) is 6.96. The van der Waals surface area contributed by atoms with Gasteiger partial charge in [0.25, 0.3) is 0 Å². The molecule has 5 nitrogen and oxygen atoms in total. The molecular formula is C16H20N2O3. The highest BCUT2D eigenvalue weighted by Gasteiger charge is 2.32. The fourth-order valence-electron chi connectivity index (χ4n) is 2.56. The van der Waals surface area contributed by atoms with Crippen LogP contribution in [0.5, 0.6) is 0 Å². The largest absolute Gasteiger partial charge is 0.463 e. The summed E-state index contributed by atoms with van der Waals surface area (Å²) in [6.07, 6.45) is 0. The van der Waals surface area contributed by atoms with E-state index in [1.165, 1.54) is 0 Å². The summed E-state index contributed by atoms with van der Waals surface area (Å²) in [5.41, 5.74) is 4.04. The van der Waals surface area contributed by atoms with Gasteiger partial charge < -0.3 is 15.4 Å². The fraction of sp³-hybridized carbons (Fsp3) is 0.375. The van der Waals surface area contributed by atoms with E-state index in [1.54, 1.807) is 13.8 Å². The van der Waals surface area contributed by atoms with Gasteiger partial charge in [-0.2, -0.15) is 0 Å². The van der Waals surface area contributed by atoms with Gasteiger partial charge in [-0.1, -0.05) is 23.8 Å². The van der Waals surface area contributed by atoms with Crippen LogP contribution < -0.4 is 10.6 Å². The van der Waals surface area contributed by atoms with E-state index >= 15 is 0 Å². The van der Waals surface area contributed by atoms with Gasteiger partial charge in [0.1, 0.15) is 0 Å². The Morgan fingerprint density at radius 2 is 2.00 bits per heavy atom. The van der Waals surface area contributed by atoms with Crippen molar-refractivity contribution >= 4 is 12.0 Å². The predicted molar refractivity (Wildman–Crippen MR) is 79.7 cm³/mol. The lowest BCUT2D eigenvalue weighted by Gasteiger charge is -2.29. The van der Waals surface area contributed by atoms with E-state index in [2.05, 4.69) is 10.6 Å². The molecule has 1 aromatic rings. The number of hydrogen-bond acceptors (Lipinski definition) is 3. The zero-order valence-electron chi connectivity index (χ0n) is 12.7. The Hall–Kier alpha value is -2.30. The van der Waals surface area contributed by atoms with Crippen LogP contribution in [0.2, 0.25) is 0 Å². The zero-order chi connectivity index (χ0) is 15.6. The molecule has 5 heteroatoms. The van der Waals surface area contributed by atoms with Gasteiger partial charge in [0.05, 0.1) is 18.2 Å². The molecule has 0 saturated heterocycles. The molecule has 1 aromatic carbocycles. The molecule has 1 atom stereocenters. The molecule has 0 bridgehead atoms. The molecule has 0 aromatic heterocycles. The van der Waals surface area contributed by atoms with Crippen molar-refractivity contribution in [3.05, 3.63) is 46.2 Å². The molecular weight excluding hydrogens is 268 g/mol. The minimum Gasteiger partial charge on any atom is -0.463 e. The van der Waals surface area contributed by atoms with Crippen molar-refractivity contribution in [1.82, 2.24) is 10.6 Å². The molecule has 0 unspecified atom stereocenters. The van der Waals surface area contributed by atoms with Crippen LogP contribution in [0.25, 0.3) is 0 Å². The Labute approximate surface area is 124 Å². The number of benzene rings is 1. The molecule has 1 aliphatic rings. The number of hydrogen-bond donors (Lipinski definition) is 2. The average Bonchev–Trinajstić information content (AvgIpc) is 2.37. The standard InChI is InChI=1S/C16H20N2O3/c1-5-21-15(19)13-11(4)17-16(20)18-14(13)12-7-6-9(2)8-10(12)3/h6-8,14H,5H2,1-4H3,(H2,17,18,20)/t14-/m1/s1. The van der Waals surface area contributed by atoms with E-state index < -0.39 is 12.0 Å². The number of rotatable bonds is 3. The highest BCUT2D eigenvalue weighted by atomic mass is 16.5. The molecule has 0 spiro atoms. The Bertz CT molecular complexity index is 620. The molecule has 0 radical (unpaired) electrons. The lowest BCUT2D eigenvalue weighted by molar-refractivity contribution is -0.139. The minimum atomic E-state index is -0.488. The molecule has 1 aliphatic heterocycles. The number of amides is 2. The van der Waals surface area contributed by atoms with E-state index in [9.17, 15) is 9.59 Å². The SMILES string of the molecule is CCOC(=O)C1=C(C)NC(=O)N[C@@H]1c1ccc(C)cc1C. The van der Waals surface area contributed by atoms with Crippen molar-refractivity contribution in [3.63, 3.8) is 0 Å². The summed E-state index contributed by atoms with van der Waals surface area (Å²) in [5.74, 6) is -0.410. The van der Waals surface area contributed by atoms with Crippen molar-refractivity contribution in [3.8, 4) is 0 Å². The van der Waals surface area contributed by atoms with Crippen molar-refractivity contribution in [1.29, 1.82) is 0 Å². The lowest BCUT2D eigenvalue weighted by atomic mass is 9.91. The van der Waals surface area contributed by atoms with E-state index in [0.29, 0.717) is 17.9 Å². The number of ether oxygens (including phenoxy) is 1. The topological polar surface area (TPSA) is 67.4 Å². The van der Waals surface area contributed by atoms with Crippen molar-refractivity contribution in [2.75, 3.05) is 6.61 Å². The smallest absolute Gasteiger partial charge is 0.338 e. The van der Waals surface area contributed by atoms with Crippen LogP contribution >= 0.6 is 0 Å². The minimum absolute atomic E-state index is 0.295. The van der Waals surface area contributed by atoms with E-state index in [-0.39, 0.29) is 6.03 Å². The number of nitrogens with one attached hydrogen (secondary N) is 2. The van der Waals surface area contributed by atoms with Crippen LogP contribution in [0, 0.1) is 13.8 Å². The first-order chi connectivity index (χ1) is 9.93. The highest BCUT2D eigenvalue weighted by Crippen LogP contribution is 2.30. The van der Waals surface area contributed by atoms with Crippen molar-refractivity contribution in [2.24, 2.45) is 0 Å². The molecule has 112 valence electrons. The van der Waals surface area contributed by atoms with Crippen LogP contribution in [0.1, 0.15) is 36.6 Å². The van der Waals surface area contributed by atoms with Gasteiger partial charge >= 0.3 is 12.0 Å². The highest BCUT2D eigenvalue weighted by molar-refractivity contribution is 5.95. The third kappa shape index (κ3) is 3.07. The van der Waals surface area contributed by atoms with Gasteiger partial charge in [-0.25, -0.2) is 9.59 Å². The quantitative estimate of drug-likeness (QED) is 0.840. The molecule has 0 saturated carbocycles. The summed E-state index contributed by atoms with van der Waals surface area (Å²) < 4.78 is 5.11. The maximum atomic E-state index is 12.2. The maximum Gasteiger partial charge on any atom is 0.338 e. The summed E-state index contributed by atoms with van der Waals surface area (Å²) in [6.45, 7) is 7.74. The number of esters is 1. The first kappa shape index (κ1) is 15.1. The van der Waals surface area contributed by atoms with Crippen LogP contribution in [0.3, 0.4) is 0 Å². The van der Waals surface area contributed by atoms with Crippen LogP contribution in [-0.4, -0.2) is 18.6 Å². The molecule has 2 amide bonds. The van der Waals surface area contributed by atoms with E-state index in [1.807, 2.05) is 32.0 Å². The Kier molecular flexibility index (Phi) is 4.31. The number of aryl methyl sites for hydroxylation is 2. The summed E-state index contributed by atoms with van der Waals surface area (Å²) in [5, 5.41) is 5.43. The lowest BCUT2D eigenvalue weighted by Crippen LogP contribution is -2.45. The molecule has 0 fully saturated rings.